The largest absolute Gasteiger partial charge is 0.358 e. The van der Waals surface area contributed by atoms with E-state index in [1.807, 2.05) is 6.92 Å². The average molecular weight is 252 g/mol. The Morgan fingerprint density at radius 2 is 2.28 bits per heavy atom. The summed E-state index contributed by atoms with van der Waals surface area (Å²) in [5.41, 5.74) is 0.353. The third-order valence-corrected chi connectivity index (χ3v) is 2.90. The Kier molecular flexibility index (Phi) is 4.07. The van der Waals surface area contributed by atoms with Gasteiger partial charge in [-0.3, -0.25) is 4.79 Å². The Morgan fingerprint density at radius 1 is 1.50 bits per heavy atom. The summed E-state index contributed by atoms with van der Waals surface area (Å²) in [6.07, 6.45) is 4.17. The Morgan fingerprint density at radius 3 is 2.94 bits per heavy atom. The lowest BCUT2D eigenvalue weighted by Gasteiger charge is -2.08. The number of hydrogen-bond donors (Lipinski definition) is 2. The summed E-state index contributed by atoms with van der Waals surface area (Å²) in [6.45, 7) is 2.56. The van der Waals surface area contributed by atoms with Crippen molar-refractivity contribution in [2.45, 2.75) is 26.2 Å². The number of halogens is 1. The Labute approximate surface area is 105 Å². The van der Waals surface area contributed by atoms with E-state index in [2.05, 4.69) is 20.6 Å². The quantitative estimate of drug-likeness (QED) is 0.796. The molecule has 2 rings (SSSR count). The van der Waals surface area contributed by atoms with E-state index in [9.17, 15) is 9.18 Å². The number of hydrogen-bond acceptors (Lipinski definition) is 4. The summed E-state index contributed by atoms with van der Waals surface area (Å²) in [5, 5.41) is 5.49. The van der Waals surface area contributed by atoms with Crippen molar-refractivity contribution in [3.63, 3.8) is 0 Å². The first kappa shape index (κ1) is 12.7. The van der Waals surface area contributed by atoms with E-state index in [0.29, 0.717) is 24.6 Å². The van der Waals surface area contributed by atoms with Gasteiger partial charge in [0, 0.05) is 6.54 Å². The number of nitrogens with zero attached hydrogens (tertiary/aromatic N) is 2. The summed E-state index contributed by atoms with van der Waals surface area (Å²) in [4.78, 5) is 19.1. The number of aromatic nitrogens is 2. The zero-order chi connectivity index (χ0) is 13.0. The van der Waals surface area contributed by atoms with E-state index in [1.165, 1.54) is 19.2 Å². The molecular formula is C12H17FN4O. The SMILES string of the molecule is CCc1ncnc(NCC(=O)NCC2CC2)c1F. The maximum absolute atomic E-state index is 13.7. The summed E-state index contributed by atoms with van der Waals surface area (Å²) in [6, 6.07) is 0. The van der Waals surface area contributed by atoms with Crippen molar-refractivity contribution >= 4 is 11.7 Å². The van der Waals surface area contributed by atoms with Gasteiger partial charge in [-0.05, 0) is 25.2 Å². The van der Waals surface area contributed by atoms with Crippen LogP contribution in [0.3, 0.4) is 0 Å². The minimum absolute atomic E-state index is 0.0316. The normalized spacial score (nSPS) is 14.3. The first-order chi connectivity index (χ1) is 8.70. The Hall–Kier alpha value is -1.72. The van der Waals surface area contributed by atoms with E-state index >= 15 is 0 Å². The summed E-state index contributed by atoms with van der Waals surface area (Å²) in [5.74, 6) is 0.104. The van der Waals surface area contributed by atoms with Crippen molar-refractivity contribution in [3.8, 4) is 0 Å². The van der Waals surface area contributed by atoms with Gasteiger partial charge < -0.3 is 10.6 Å². The van der Waals surface area contributed by atoms with Crippen molar-refractivity contribution in [3.05, 3.63) is 17.8 Å². The predicted octanol–water partition coefficient (Wildman–Crippen LogP) is 1.12. The van der Waals surface area contributed by atoms with Crippen LogP contribution in [-0.2, 0) is 11.2 Å². The van der Waals surface area contributed by atoms with Crippen LogP contribution in [0.2, 0.25) is 0 Å². The van der Waals surface area contributed by atoms with Crippen LogP contribution >= 0.6 is 0 Å². The van der Waals surface area contributed by atoms with Crippen LogP contribution in [0.1, 0.15) is 25.5 Å². The highest BCUT2D eigenvalue weighted by molar-refractivity contribution is 5.80. The predicted molar refractivity (Wildman–Crippen MR) is 65.6 cm³/mol. The molecule has 1 aromatic heterocycles. The second kappa shape index (κ2) is 5.75. The molecule has 1 fully saturated rings. The van der Waals surface area contributed by atoms with Gasteiger partial charge in [-0.2, -0.15) is 0 Å². The number of nitrogens with one attached hydrogen (secondary N) is 2. The second-order valence-corrected chi connectivity index (χ2v) is 4.44. The monoisotopic (exact) mass is 252 g/mol. The molecule has 2 N–H and O–H groups in total. The molecule has 0 unspecified atom stereocenters. The van der Waals surface area contributed by atoms with Gasteiger partial charge in [-0.25, -0.2) is 14.4 Å². The van der Waals surface area contributed by atoms with Crippen LogP contribution in [0.5, 0.6) is 0 Å². The molecule has 6 heteroatoms. The molecule has 18 heavy (non-hydrogen) atoms. The molecule has 1 aromatic rings. The smallest absolute Gasteiger partial charge is 0.239 e. The third-order valence-electron chi connectivity index (χ3n) is 2.90. The van der Waals surface area contributed by atoms with Crippen LogP contribution < -0.4 is 10.6 Å². The van der Waals surface area contributed by atoms with Gasteiger partial charge in [0.1, 0.15) is 6.33 Å². The van der Waals surface area contributed by atoms with E-state index in [0.717, 1.165) is 0 Å². The summed E-state index contributed by atoms with van der Waals surface area (Å²) < 4.78 is 13.7. The molecule has 1 aliphatic rings. The van der Waals surface area contributed by atoms with Crippen LogP contribution in [0, 0.1) is 11.7 Å². The minimum atomic E-state index is -0.477. The van der Waals surface area contributed by atoms with Gasteiger partial charge in [0.2, 0.25) is 5.91 Å². The second-order valence-electron chi connectivity index (χ2n) is 4.44. The Balaban J connectivity index is 1.83. The van der Waals surface area contributed by atoms with Gasteiger partial charge in [0.05, 0.1) is 12.2 Å². The molecule has 0 bridgehead atoms. The van der Waals surface area contributed by atoms with Crippen molar-refractivity contribution in [1.29, 1.82) is 0 Å². The zero-order valence-electron chi connectivity index (χ0n) is 10.4. The molecule has 0 atom stereocenters. The fourth-order valence-corrected chi connectivity index (χ4v) is 1.58. The molecule has 1 aliphatic carbocycles. The molecule has 1 saturated carbocycles. The maximum Gasteiger partial charge on any atom is 0.239 e. The fourth-order valence-electron chi connectivity index (χ4n) is 1.58. The van der Waals surface area contributed by atoms with E-state index < -0.39 is 5.82 Å². The lowest BCUT2D eigenvalue weighted by atomic mass is 10.3. The molecular weight excluding hydrogens is 235 g/mol. The van der Waals surface area contributed by atoms with Crippen LogP contribution in [0.15, 0.2) is 6.33 Å². The van der Waals surface area contributed by atoms with Crippen molar-refractivity contribution in [2.75, 3.05) is 18.4 Å². The number of carbonyl (C=O) groups excluding carboxylic acids is 1. The first-order valence-electron chi connectivity index (χ1n) is 6.20. The molecule has 1 heterocycles. The zero-order valence-corrected chi connectivity index (χ0v) is 10.4. The van der Waals surface area contributed by atoms with Crippen molar-refractivity contribution in [2.24, 2.45) is 5.92 Å². The third kappa shape index (κ3) is 3.38. The molecule has 1 amide bonds. The fraction of sp³-hybridized carbons (Fsp3) is 0.583. The topological polar surface area (TPSA) is 66.9 Å². The molecule has 98 valence electrons. The standard InChI is InChI=1S/C12H17FN4O/c1-2-9-11(13)12(17-7-16-9)15-6-10(18)14-5-8-3-4-8/h7-8H,2-6H2,1H3,(H,14,18)(H,15,16,17). The average Bonchev–Trinajstić information content (AvgIpc) is 3.19. The van der Waals surface area contributed by atoms with Gasteiger partial charge in [0.15, 0.2) is 11.6 Å². The molecule has 0 spiro atoms. The molecule has 5 nitrogen and oxygen atoms in total. The minimum Gasteiger partial charge on any atom is -0.358 e. The van der Waals surface area contributed by atoms with E-state index in [1.54, 1.807) is 0 Å². The van der Waals surface area contributed by atoms with Gasteiger partial charge in [0.25, 0.3) is 0 Å². The molecule has 0 aromatic carbocycles. The van der Waals surface area contributed by atoms with Crippen LogP contribution in [0.4, 0.5) is 10.2 Å². The lowest BCUT2D eigenvalue weighted by molar-refractivity contribution is -0.119. The first-order valence-corrected chi connectivity index (χ1v) is 6.20. The lowest BCUT2D eigenvalue weighted by Crippen LogP contribution is -2.31. The number of aryl methyl sites for hydroxylation is 1. The van der Waals surface area contributed by atoms with Crippen molar-refractivity contribution in [1.82, 2.24) is 15.3 Å². The molecule has 0 aliphatic heterocycles. The Bertz CT molecular complexity index is 434. The number of anilines is 1. The molecule has 0 radical (unpaired) electrons. The number of amides is 1. The van der Waals surface area contributed by atoms with Crippen molar-refractivity contribution < 1.29 is 9.18 Å². The number of carbonyl (C=O) groups is 1. The van der Waals surface area contributed by atoms with E-state index in [-0.39, 0.29) is 18.3 Å². The van der Waals surface area contributed by atoms with E-state index in [4.69, 9.17) is 0 Å². The van der Waals surface area contributed by atoms with Crippen LogP contribution in [-0.4, -0.2) is 29.0 Å². The van der Waals surface area contributed by atoms with Gasteiger partial charge in [-0.1, -0.05) is 6.92 Å². The summed E-state index contributed by atoms with van der Waals surface area (Å²) in [7, 11) is 0. The van der Waals surface area contributed by atoms with Gasteiger partial charge in [-0.15, -0.1) is 0 Å². The summed E-state index contributed by atoms with van der Waals surface area (Å²) >= 11 is 0. The highest BCUT2D eigenvalue weighted by Gasteiger charge is 2.21. The maximum atomic E-state index is 13.7. The van der Waals surface area contributed by atoms with Gasteiger partial charge >= 0.3 is 0 Å². The van der Waals surface area contributed by atoms with Crippen LogP contribution in [0.25, 0.3) is 0 Å². The highest BCUT2D eigenvalue weighted by atomic mass is 19.1. The highest BCUT2D eigenvalue weighted by Crippen LogP contribution is 2.27. The number of rotatable bonds is 6. The molecule has 0 saturated heterocycles.